The van der Waals surface area contributed by atoms with Crippen molar-refractivity contribution in [1.29, 1.82) is 5.26 Å². The highest BCUT2D eigenvalue weighted by Gasteiger charge is 2.39. The minimum Gasteiger partial charge on any atom is -0.481 e. The molecule has 1 fully saturated rings. The maximum absolute atomic E-state index is 12.5. The number of carbonyl (C=O) groups excluding carboxylic acids is 1. The van der Waals surface area contributed by atoms with E-state index in [1.165, 1.54) is 0 Å². The van der Waals surface area contributed by atoms with Gasteiger partial charge in [-0.1, -0.05) is 20.3 Å². The van der Waals surface area contributed by atoms with E-state index >= 15 is 0 Å². The largest absolute Gasteiger partial charge is 0.481 e. The van der Waals surface area contributed by atoms with Crippen LogP contribution in [-0.4, -0.2) is 35.0 Å². The number of hydrogen-bond donors (Lipinski definition) is 1. The van der Waals surface area contributed by atoms with E-state index in [-0.39, 0.29) is 5.91 Å². The highest BCUT2D eigenvalue weighted by atomic mass is 16.4. The highest BCUT2D eigenvalue weighted by molar-refractivity contribution is 5.85. The average Bonchev–Trinajstić information content (AvgIpc) is 2.82. The lowest BCUT2D eigenvalue weighted by Crippen LogP contribution is -2.41. The molecule has 0 aromatic carbocycles. The van der Waals surface area contributed by atoms with E-state index in [1.807, 2.05) is 19.9 Å². The lowest BCUT2D eigenvalue weighted by molar-refractivity contribution is -0.149. The fourth-order valence-electron chi connectivity index (χ4n) is 2.70. The number of hydrogen-bond acceptors (Lipinski definition) is 3. The van der Waals surface area contributed by atoms with Gasteiger partial charge in [-0.3, -0.25) is 9.59 Å². The van der Waals surface area contributed by atoms with Crippen molar-refractivity contribution in [3.05, 3.63) is 0 Å². The maximum Gasteiger partial charge on any atom is 0.307 e. The number of rotatable bonds is 6. The third kappa shape index (κ3) is 4.23. The quantitative estimate of drug-likeness (QED) is 0.796. The van der Waals surface area contributed by atoms with Crippen LogP contribution in [0.5, 0.6) is 0 Å². The average molecular weight is 266 g/mol. The molecule has 0 radical (unpaired) electrons. The van der Waals surface area contributed by atoms with Gasteiger partial charge in [-0.05, 0) is 18.8 Å². The van der Waals surface area contributed by atoms with E-state index in [0.717, 1.165) is 6.42 Å². The second-order valence-corrected chi connectivity index (χ2v) is 5.57. The summed E-state index contributed by atoms with van der Waals surface area (Å²) in [6.45, 7) is 5.01. The van der Waals surface area contributed by atoms with Crippen LogP contribution >= 0.6 is 0 Å². The van der Waals surface area contributed by atoms with Crippen LogP contribution in [0.15, 0.2) is 0 Å². The van der Waals surface area contributed by atoms with Gasteiger partial charge in [-0.15, -0.1) is 0 Å². The molecule has 1 saturated carbocycles. The Balaban J connectivity index is 2.74. The van der Waals surface area contributed by atoms with Gasteiger partial charge in [0.15, 0.2) is 0 Å². The van der Waals surface area contributed by atoms with Gasteiger partial charge in [-0.25, -0.2) is 0 Å². The molecule has 1 rings (SSSR count). The molecule has 1 N–H and O–H groups in total. The third-order valence-corrected chi connectivity index (χ3v) is 3.54. The Labute approximate surface area is 114 Å². The number of nitrogens with zero attached hydrogens (tertiary/aromatic N) is 2. The molecule has 5 nitrogen and oxygen atoms in total. The van der Waals surface area contributed by atoms with Gasteiger partial charge in [0.25, 0.3) is 0 Å². The van der Waals surface area contributed by atoms with Crippen molar-refractivity contribution in [2.24, 2.45) is 17.8 Å². The molecule has 19 heavy (non-hydrogen) atoms. The second kappa shape index (κ2) is 7.13. The fraction of sp³-hybridized carbons (Fsp3) is 0.786. The second-order valence-electron chi connectivity index (χ2n) is 5.57. The van der Waals surface area contributed by atoms with E-state index < -0.39 is 17.8 Å². The SMILES string of the molecule is CC(C)CN(CCC#N)C(=O)[C@@H]1CCC[C@@H]1C(=O)O. The fourth-order valence-corrected chi connectivity index (χ4v) is 2.70. The van der Waals surface area contributed by atoms with Crippen molar-refractivity contribution in [2.75, 3.05) is 13.1 Å². The first-order chi connectivity index (χ1) is 8.97. The lowest BCUT2D eigenvalue weighted by atomic mass is 9.94. The van der Waals surface area contributed by atoms with Gasteiger partial charge in [0.2, 0.25) is 5.91 Å². The van der Waals surface area contributed by atoms with E-state index in [2.05, 4.69) is 0 Å². The van der Waals surface area contributed by atoms with Gasteiger partial charge < -0.3 is 10.0 Å². The van der Waals surface area contributed by atoms with Crippen molar-refractivity contribution >= 4 is 11.9 Å². The zero-order valence-electron chi connectivity index (χ0n) is 11.6. The summed E-state index contributed by atoms with van der Waals surface area (Å²) in [5.41, 5.74) is 0. The molecule has 1 amide bonds. The van der Waals surface area contributed by atoms with E-state index in [1.54, 1.807) is 4.90 Å². The zero-order chi connectivity index (χ0) is 14.4. The number of carboxylic acid groups (broad SMARTS) is 1. The zero-order valence-corrected chi connectivity index (χ0v) is 11.6. The molecule has 0 unspecified atom stereocenters. The molecule has 0 bridgehead atoms. The minimum absolute atomic E-state index is 0.0890. The molecule has 0 heterocycles. The van der Waals surface area contributed by atoms with Gasteiger partial charge >= 0.3 is 5.97 Å². The molecule has 2 atom stereocenters. The van der Waals surface area contributed by atoms with Crippen molar-refractivity contribution < 1.29 is 14.7 Å². The van der Waals surface area contributed by atoms with Crippen LogP contribution in [0.2, 0.25) is 0 Å². The number of amides is 1. The Morgan fingerprint density at radius 2 is 2.00 bits per heavy atom. The summed E-state index contributed by atoms with van der Waals surface area (Å²) < 4.78 is 0. The number of carboxylic acids is 1. The Hall–Kier alpha value is -1.57. The standard InChI is InChI=1S/C14H22N2O3/c1-10(2)9-16(8-4-7-15)13(17)11-5-3-6-12(11)14(18)19/h10-12H,3-6,8-9H2,1-2H3,(H,18,19)/t11-,12+/m1/s1. The Morgan fingerprint density at radius 1 is 1.37 bits per heavy atom. The van der Waals surface area contributed by atoms with E-state index in [9.17, 15) is 9.59 Å². The highest BCUT2D eigenvalue weighted by Crippen LogP contribution is 2.33. The topological polar surface area (TPSA) is 81.4 Å². The summed E-state index contributed by atoms with van der Waals surface area (Å²) in [4.78, 5) is 25.3. The summed E-state index contributed by atoms with van der Waals surface area (Å²) in [5, 5.41) is 17.8. The summed E-state index contributed by atoms with van der Waals surface area (Å²) in [5.74, 6) is -1.61. The maximum atomic E-state index is 12.5. The van der Waals surface area contributed by atoms with Crippen molar-refractivity contribution in [1.82, 2.24) is 4.90 Å². The molecule has 106 valence electrons. The van der Waals surface area contributed by atoms with E-state index in [0.29, 0.717) is 38.3 Å². The van der Waals surface area contributed by atoms with Crippen molar-refractivity contribution in [3.63, 3.8) is 0 Å². The van der Waals surface area contributed by atoms with Crippen molar-refractivity contribution in [3.8, 4) is 6.07 Å². The van der Waals surface area contributed by atoms with Crippen molar-refractivity contribution in [2.45, 2.75) is 39.5 Å². The molecule has 0 aliphatic heterocycles. The third-order valence-electron chi connectivity index (χ3n) is 3.54. The van der Waals surface area contributed by atoms with Crippen LogP contribution in [-0.2, 0) is 9.59 Å². The lowest BCUT2D eigenvalue weighted by Gasteiger charge is -2.28. The molecule has 1 aliphatic rings. The van der Waals surface area contributed by atoms with Gasteiger partial charge in [-0.2, -0.15) is 5.26 Å². The summed E-state index contributed by atoms with van der Waals surface area (Å²) in [7, 11) is 0. The summed E-state index contributed by atoms with van der Waals surface area (Å²) in [6.07, 6.45) is 2.32. The molecule has 0 aromatic heterocycles. The van der Waals surface area contributed by atoms with Gasteiger partial charge in [0, 0.05) is 13.1 Å². The van der Waals surface area contributed by atoms with Crippen LogP contribution in [0.1, 0.15) is 39.5 Å². The molecular formula is C14H22N2O3. The van der Waals surface area contributed by atoms with E-state index in [4.69, 9.17) is 10.4 Å². The summed E-state index contributed by atoms with van der Waals surface area (Å²) >= 11 is 0. The Bertz CT molecular complexity index is 373. The smallest absolute Gasteiger partial charge is 0.307 e. The molecule has 0 saturated heterocycles. The van der Waals surface area contributed by atoms with Crippen LogP contribution in [0, 0.1) is 29.1 Å². The van der Waals surface area contributed by atoms with Crippen LogP contribution in [0.25, 0.3) is 0 Å². The number of carbonyl (C=O) groups is 2. The molecule has 0 spiro atoms. The molecule has 1 aliphatic carbocycles. The molecular weight excluding hydrogens is 244 g/mol. The normalized spacial score (nSPS) is 22.2. The van der Waals surface area contributed by atoms with Crippen LogP contribution < -0.4 is 0 Å². The van der Waals surface area contributed by atoms with Crippen LogP contribution in [0.4, 0.5) is 0 Å². The minimum atomic E-state index is -0.874. The van der Waals surface area contributed by atoms with Gasteiger partial charge in [0.05, 0.1) is 24.3 Å². The van der Waals surface area contributed by atoms with Crippen LogP contribution in [0.3, 0.4) is 0 Å². The predicted octanol–water partition coefficient (Wildman–Crippen LogP) is 1.89. The predicted molar refractivity (Wildman–Crippen MR) is 70.1 cm³/mol. The summed E-state index contributed by atoms with van der Waals surface area (Å²) in [6, 6.07) is 2.04. The molecule has 5 heteroatoms. The first-order valence-corrected chi connectivity index (χ1v) is 6.86. The molecule has 0 aromatic rings. The number of aliphatic carboxylic acids is 1. The van der Waals surface area contributed by atoms with Gasteiger partial charge in [0.1, 0.15) is 0 Å². The monoisotopic (exact) mass is 266 g/mol. The number of nitriles is 1. The Morgan fingerprint density at radius 3 is 2.53 bits per heavy atom. The first kappa shape index (κ1) is 15.5. The first-order valence-electron chi connectivity index (χ1n) is 6.86. The Kier molecular flexibility index (Phi) is 5.81.